The van der Waals surface area contributed by atoms with Gasteiger partial charge in [-0.2, -0.15) is 0 Å². The molecule has 0 aliphatic heterocycles. The summed E-state index contributed by atoms with van der Waals surface area (Å²) >= 11 is 0. The van der Waals surface area contributed by atoms with Crippen LogP contribution in [0.25, 0.3) is 21.8 Å². The Kier molecular flexibility index (Phi) is 4.04. The number of benzene rings is 2. The van der Waals surface area contributed by atoms with Crippen LogP contribution in [-0.2, 0) is 9.53 Å². The molecule has 2 aromatic carbocycles. The van der Waals surface area contributed by atoms with E-state index in [4.69, 9.17) is 0 Å². The molecule has 0 spiro atoms. The van der Waals surface area contributed by atoms with Crippen LogP contribution in [0.1, 0.15) is 24.2 Å². The van der Waals surface area contributed by atoms with Crippen molar-refractivity contribution in [3.8, 4) is 0 Å². The number of carbonyl (C=O) groups is 2. The van der Waals surface area contributed by atoms with Crippen molar-refractivity contribution >= 4 is 33.7 Å². The molecule has 0 aliphatic carbocycles. The third kappa shape index (κ3) is 2.98. The summed E-state index contributed by atoms with van der Waals surface area (Å²) in [4.78, 5) is 39.9. The van der Waals surface area contributed by atoms with Crippen LogP contribution in [0.15, 0.2) is 47.3 Å². The van der Waals surface area contributed by atoms with Crippen LogP contribution in [0.3, 0.4) is 0 Å². The van der Waals surface area contributed by atoms with Gasteiger partial charge in [0.1, 0.15) is 5.54 Å². The molecule has 0 saturated heterocycles. The first kappa shape index (κ1) is 16.7. The molecule has 1 heterocycles. The van der Waals surface area contributed by atoms with E-state index in [1.165, 1.54) is 7.11 Å². The largest absolute Gasteiger partial charge is 0.467 e. The number of hydrogen-bond donors (Lipinski definition) is 2. The minimum atomic E-state index is -1.16. The third-order valence-corrected chi connectivity index (χ3v) is 4.09. The number of fused-ring (bicyclic) bond motifs is 2. The summed E-state index contributed by atoms with van der Waals surface area (Å²) in [6.45, 7) is 3.13. The number of carbonyl (C=O) groups excluding carboxylic acids is 2. The first-order valence-corrected chi connectivity index (χ1v) is 7.79. The van der Waals surface area contributed by atoms with Gasteiger partial charge in [-0.25, -0.2) is 4.79 Å². The second-order valence-corrected chi connectivity index (χ2v) is 6.33. The van der Waals surface area contributed by atoms with E-state index in [1.807, 2.05) is 12.1 Å². The van der Waals surface area contributed by atoms with E-state index in [-0.39, 0.29) is 5.43 Å². The van der Waals surface area contributed by atoms with Crippen molar-refractivity contribution in [2.24, 2.45) is 0 Å². The van der Waals surface area contributed by atoms with Gasteiger partial charge in [-0.05, 0) is 44.2 Å². The molecule has 0 bridgehead atoms. The van der Waals surface area contributed by atoms with E-state index in [9.17, 15) is 14.4 Å². The van der Waals surface area contributed by atoms with E-state index >= 15 is 0 Å². The second-order valence-electron chi connectivity index (χ2n) is 6.33. The summed E-state index contributed by atoms with van der Waals surface area (Å²) in [7, 11) is 1.27. The lowest BCUT2D eigenvalue weighted by Crippen LogP contribution is -2.50. The van der Waals surface area contributed by atoms with E-state index in [1.54, 1.807) is 44.2 Å². The van der Waals surface area contributed by atoms with Gasteiger partial charge < -0.3 is 15.0 Å². The quantitative estimate of drug-likeness (QED) is 0.567. The molecule has 1 aromatic heterocycles. The number of amides is 1. The van der Waals surface area contributed by atoms with Gasteiger partial charge in [-0.3, -0.25) is 9.59 Å². The monoisotopic (exact) mass is 338 g/mol. The fraction of sp³-hybridized carbons (Fsp3) is 0.211. The van der Waals surface area contributed by atoms with Crippen molar-refractivity contribution in [3.63, 3.8) is 0 Å². The number of H-pyrrole nitrogens is 1. The van der Waals surface area contributed by atoms with Crippen molar-refractivity contribution in [2.75, 3.05) is 7.11 Å². The average Bonchev–Trinajstić information content (AvgIpc) is 2.60. The Balaban J connectivity index is 2.04. The molecule has 6 nitrogen and oxygen atoms in total. The number of nitrogens with one attached hydrogen (secondary N) is 2. The van der Waals surface area contributed by atoms with Crippen molar-refractivity contribution in [1.82, 2.24) is 10.3 Å². The Labute approximate surface area is 143 Å². The molecule has 0 saturated carbocycles. The number of para-hydroxylation sites is 1. The van der Waals surface area contributed by atoms with Crippen LogP contribution in [0.5, 0.6) is 0 Å². The fourth-order valence-electron chi connectivity index (χ4n) is 2.73. The molecule has 2 N–H and O–H groups in total. The summed E-state index contributed by atoms with van der Waals surface area (Å²) in [5.74, 6) is -0.965. The maximum atomic E-state index is 12.5. The molecule has 1 amide bonds. The zero-order valence-electron chi connectivity index (χ0n) is 14.2. The Morgan fingerprint density at radius 2 is 1.72 bits per heavy atom. The number of rotatable bonds is 3. The Morgan fingerprint density at radius 3 is 2.44 bits per heavy atom. The van der Waals surface area contributed by atoms with Crippen LogP contribution >= 0.6 is 0 Å². The third-order valence-electron chi connectivity index (χ3n) is 4.09. The smallest absolute Gasteiger partial charge is 0.330 e. The molecule has 6 heteroatoms. The van der Waals surface area contributed by atoms with Gasteiger partial charge in [-0.1, -0.05) is 12.1 Å². The van der Waals surface area contributed by atoms with Gasteiger partial charge in [0.25, 0.3) is 5.91 Å². The lowest BCUT2D eigenvalue weighted by atomic mass is 10.0. The van der Waals surface area contributed by atoms with Crippen LogP contribution in [0.2, 0.25) is 0 Å². The van der Waals surface area contributed by atoms with E-state index in [2.05, 4.69) is 15.0 Å². The first-order valence-electron chi connectivity index (χ1n) is 7.79. The Hall–Kier alpha value is -3.15. The Bertz CT molecular complexity index is 1050. The van der Waals surface area contributed by atoms with E-state index < -0.39 is 17.4 Å². The number of pyridine rings is 1. The number of aromatic amines is 1. The Morgan fingerprint density at radius 1 is 1.04 bits per heavy atom. The minimum Gasteiger partial charge on any atom is -0.467 e. The van der Waals surface area contributed by atoms with E-state index in [0.717, 1.165) is 0 Å². The fourth-order valence-corrected chi connectivity index (χ4v) is 2.73. The van der Waals surface area contributed by atoms with Gasteiger partial charge in [0.05, 0.1) is 12.6 Å². The number of aromatic nitrogens is 1. The molecule has 3 rings (SSSR count). The number of methoxy groups -OCH3 is 1. The lowest BCUT2D eigenvalue weighted by Gasteiger charge is -2.23. The van der Waals surface area contributed by atoms with E-state index in [0.29, 0.717) is 27.4 Å². The second kappa shape index (κ2) is 6.05. The lowest BCUT2D eigenvalue weighted by molar-refractivity contribution is -0.146. The molecule has 0 unspecified atom stereocenters. The van der Waals surface area contributed by atoms with Gasteiger partial charge in [0.15, 0.2) is 5.43 Å². The average molecular weight is 338 g/mol. The van der Waals surface area contributed by atoms with Crippen molar-refractivity contribution < 1.29 is 14.3 Å². The van der Waals surface area contributed by atoms with Crippen LogP contribution in [-0.4, -0.2) is 29.5 Å². The highest BCUT2D eigenvalue weighted by molar-refractivity contribution is 6.01. The zero-order valence-corrected chi connectivity index (χ0v) is 14.2. The highest BCUT2D eigenvalue weighted by Crippen LogP contribution is 2.17. The van der Waals surface area contributed by atoms with Crippen molar-refractivity contribution in [3.05, 3.63) is 58.3 Å². The molecule has 0 aliphatic rings. The zero-order chi connectivity index (χ0) is 18.2. The summed E-state index contributed by atoms with van der Waals surface area (Å²) < 4.78 is 4.68. The highest BCUT2D eigenvalue weighted by Gasteiger charge is 2.30. The van der Waals surface area contributed by atoms with Crippen LogP contribution in [0.4, 0.5) is 0 Å². The SMILES string of the molecule is COC(=O)C(C)(C)NC(=O)c1ccc2c(=O)c3ccccc3[nH]c2c1. The normalized spacial score (nSPS) is 11.5. The summed E-state index contributed by atoms with van der Waals surface area (Å²) in [6, 6.07) is 12.0. The van der Waals surface area contributed by atoms with Gasteiger partial charge in [-0.15, -0.1) is 0 Å². The first-order chi connectivity index (χ1) is 11.8. The number of ether oxygens (including phenoxy) is 1. The predicted octanol–water partition coefficient (Wildman–Crippen LogP) is 2.36. The predicted molar refractivity (Wildman–Crippen MR) is 95.6 cm³/mol. The topological polar surface area (TPSA) is 88.3 Å². The van der Waals surface area contributed by atoms with Gasteiger partial charge >= 0.3 is 5.97 Å². The van der Waals surface area contributed by atoms with Gasteiger partial charge in [0, 0.05) is 21.9 Å². The standard InChI is InChI=1S/C19H18N2O4/c1-19(2,18(24)25-3)21-17(23)11-8-9-13-15(10-11)20-14-7-5-4-6-12(14)16(13)22/h4-10H,1-3H3,(H,20,22)(H,21,23). The minimum absolute atomic E-state index is 0.0915. The van der Waals surface area contributed by atoms with Crippen LogP contribution < -0.4 is 10.7 Å². The molecule has 0 atom stereocenters. The molecule has 3 aromatic rings. The number of esters is 1. The molecular weight excluding hydrogens is 320 g/mol. The van der Waals surface area contributed by atoms with Crippen molar-refractivity contribution in [2.45, 2.75) is 19.4 Å². The molecule has 0 radical (unpaired) electrons. The van der Waals surface area contributed by atoms with Gasteiger partial charge in [0.2, 0.25) is 0 Å². The molecule has 0 fully saturated rings. The maximum absolute atomic E-state index is 12.5. The number of hydrogen-bond acceptors (Lipinski definition) is 4. The van der Waals surface area contributed by atoms with Crippen LogP contribution in [0, 0.1) is 0 Å². The van der Waals surface area contributed by atoms with Crippen molar-refractivity contribution in [1.29, 1.82) is 0 Å². The molecular formula is C19H18N2O4. The summed E-state index contributed by atoms with van der Waals surface area (Å²) in [5.41, 5.74) is 0.360. The molecule has 128 valence electrons. The highest BCUT2D eigenvalue weighted by atomic mass is 16.5. The summed E-state index contributed by atoms with van der Waals surface area (Å²) in [6.07, 6.45) is 0. The maximum Gasteiger partial charge on any atom is 0.330 e. The molecule has 25 heavy (non-hydrogen) atoms. The summed E-state index contributed by atoms with van der Waals surface area (Å²) in [5, 5.41) is 3.73.